The van der Waals surface area contributed by atoms with E-state index >= 15 is 0 Å². The van der Waals surface area contributed by atoms with Gasteiger partial charge in [-0.3, -0.25) is 9.59 Å². The minimum Gasteiger partial charge on any atom is -0.478 e. The third kappa shape index (κ3) is 3.50. The molecular formula is C11H13NO3. The number of ether oxygens (including phenoxy) is 1. The molecule has 0 bridgehead atoms. The quantitative estimate of drug-likeness (QED) is 0.544. The maximum atomic E-state index is 11.4. The molecular weight excluding hydrogens is 194 g/mol. The van der Waals surface area contributed by atoms with Crippen LogP contribution in [-0.4, -0.2) is 23.2 Å². The van der Waals surface area contributed by atoms with Gasteiger partial charge >= 0.3 is 0 Å². The maximum Gasteiger partial charge on any atom is 0.213 e. The Morgan fingerprint density at radius 1 is 1.40 bits per heavy atom. The minimum absolute atomic E-state index is 0.0737. The number of Topliss-reactive ketones (excluding diaryl/α,β-unsaturated/α-hetero) is 2. The fourth-order valence-electron chi connectivity index (χ4n) is 1.11. The zero-order valence-electron chi connectivity index (χ0n) is 8.82. The van der Waals surface area contributed by atoms with Crippen LogP contribution >= 0.6 is 0 Å². The van der Waals surface area contributed by atoms with Crippen LogP contribution < -0.4 is 4.74 Å². The number of rotatable bonds is 5. The molecule has 15 heavy (non-hydrogen) atoms. The molecule has 80 valence electrons. The average Bonchev–Trinajstić information content (AvgIpc) is 2.18. The van der Waals surface area contributed by atoms with Crippen molar-refractivity contribution in [1.29, 1.82) is 0 Å². The summed E-state index contributed by atoms with van der Waals surface area (Å²) in [6.07, 6.45) is 1.35. The molecule has 0 saturated heterocycles. The normalized spacial score (nSPS) is 9.73. The summed E-state index contributed by atoms with van der Waals surface area (Å²) in [7, 11) is 0. The SMILES string of the molecule is CCOc1ccc(C(=O)CC(C)=O)cn1. The zero-order chi connectivity index (χ0) is 11.3. The Morgan fingerprint density at radius 3 is 2.60 bits per heavy atom. The number of pyridine rings is 1. The van der Waals surface area contributed by atoms with E-state index in [1.807, 2.05) is 6.92 Å². The molecule has 0 fully saturated rings. The smallest absolute Gasteiger partial charge is 0.213 e. The van der Waals surface area contributed by atoms with Gasteiger partial charge in [0.2, 0.25) is 5.88 Å². The van der Waals surface area contributed by atoms with E-state index in [-0.39, 0.29) is 18.0 Å². The highest BCUT2D eigenvalue weighted by Gasteiger charge is 2.08. The first-order chi connectivity index (χ1) is 7.13. The van der Waals surface area contributed by atoms with Gasteiger partial charge in [0.05, 0.1) is 13.0 Å². The topological polar surface area (TPSA) is 56.3 Å². The summed E-state index contributed by atoms with van der Waals surface area (Å²) in [5.41, 5.74) is 0.439. The molecule has 0 aromatic carbocycles. The van der Waals surface area contributed by atoms with Crippen molar-refractivity contribution >= 4 is 11.6 Å². The fraction of sp³-hybridized carbons (Fsp3) is 0.364. The van der Waals surface area contributed by atoms with Gasteiger partial charge in [-0.25, -0.2) is 4.98 Å². The van der Waals surface area contributed by atoms with Crippen LogP contribution in [-0.2, 0) is 4.79 Å². The van der Waals surface area contributed by atoms with Crippen LogP contribution in [0.25, 0.3) is 0 Å². The monoisotopic (exact) mass is 207 g/mol. The van der Waals surface area contributed by atoms with Crippen LogP contribution in [0, 0.1) is 0 Å². The first-order valence-electron chi connectivity index (χ1n) is 4.75. The van der Waals surface area contributed by atoms with Crippen molar-refractivity contribution in [2.75, 3.05) is 6.61 Å². The fourth-order valence-corrected chi connectivity index (χ4v) is 1.11. The predicted molar refractivity (Wildman–Crippen MR) is 55.0 cm³/mol. The van der Waals surface area contributed by atoms with Crippen molar-refractivity contribution in [3.63, 3.8) is 0 Å². The average molecular weight is 207 g/mol. The second-order valence-electron chi connectivity index (χ2n) is 3.12. The lowest BCUT2D eigenvalue weighted by Crippen LogP contribution is -2.05. The molecule has 4 nitrogen and oxygen atoms in total. The van der Waals surface area contributed by atoms with E-state index in [0.29, 0.717) is 18.1 Å². The van der Waals surface area contributed by atoms with Crippen LogP contribution in [0.5, 0.6) is 5.88 Å². The van der Waals surface area contributed by atoms with Gasteiger partial charge in [-0.05, 0) is 19.9 Å². The summed E-state index contributed by atoms with van der Waals surface area (Å²) in [6, 6.07) is 3.24. The number of hydrogen-bond acceptors (Lipinski definition) is 4. The third-order valence-electron chi connectivity index (χ3n) is 1.76. The van der Waals surface area contributed by atoms with Crippen LogP contribution in [0.1, 0.15) is 30.6 Å². The summed E-state index contributed by atoms with van der Waals surface area (Å²) in [5, 5.41) is 0. The highest BCUT2D eigenvalue weighted by molar-refractivity contribution is 6.07. The summed E-state index contributed by atoms with van der Waals surface area (Å²) in [5.74, 6) is 0.129. The van der Waals surface area contributed by atoms with Gasteiger partial charge in [0.1, 0.15) is 5.78 Å². The molecule has 0 atom stereocenters. The number of aromatic nitrogens is 1. The Labute approximate surface area is 88.3 Å². The summed E-state index contributed by atoms with van der Waals surface area (Å²) < 4.78 is 5.13. The Hall–Kier alpha value is -1.71. The summed E-state index contributed by atoms with van der Waals surface area (Å²) in [6.45, 7) is 3.78. The first-order valence-corrected chi connectivity index (χ1v) is 4.75. The van der Waals surface area contributed by atoms with E-state index in [0.717, 1.165) is 0 Å². The maximum absolute atomic E-state index is 11.4. The Bertz CT molecular complexity index is 357. The number of nitrogens with zero attached hydrogens (tertiary/aromatic N) is 1. The third-order valence-corrected chi connectivity index (χ3v) is 1.76. The predicted octanol–water partition coefficient (Wildman–Crippen LogP) is 1.64. The number of carbonyl (C=O) groups is 2. The second kappa shape index (κ2) is 5.24. The lowest BCUT2D eigenvalue weighted by Gasteiger charge is -2.02. The van der Waals surface area contributed by atoms with Crippen LogP contribution in [0.15, 0.2) is 18.3 Å². The summed E-state index contributed by atoms with van der Waals surface area (Å²) >= 11 is 0. The van der Waals surface area contributed by atoms with Gasteiger partial charge in [-0.2, -0.15) is 0 Å². The van der Waals surface area contributed by atoms with Crippen molar-refractivity contribution in [3.8, 4) is 5.88 Å². The van der Waals surface area contributed by atoms with Gasteiger partial charge in [-0.15, -0.1) is 0 Å². The van der Waals surface area contributed by atoms with Crippen molar-refractivity contribution in [2.24, 2.45) is 0 Å². The number of ketones is 2. The molecule has 1 aromatic rings. The van der Waals surface area contributed by atoms with Crippen molar-refractivity contribution in [1.82, 2.24) is 4.98 Å². The Balaban J connectivity index is 2.71. The first kappa shape index (κ1) is 11.4. The molecule has 0 amide bonds. The molecule has 0 saturated carbocycles. The molecule has 1 heterocycles. The van der Waals surface area contributed by atoms with E-state index in [1.165, 1.54) is 13.1 Å². The second-order valence-corrected chi connectivity index (χ2v) is 3.12. The van der Waals surface area contributed by atoms with Gasteiger partial charge in [0.15, 0.2) is 5.78 Å². The zero-order valence-corrected chi connectivity index (χ0v) is 8.82. The van der Waals surface area contributed by atoms with Gasteiger partial charge in [0.25, 0.3) is 0 Å². The molecule has 0 unspecified atom stereocenters. The van der Waals surface area contributed by atoms with Crippen molar-refractivity contribution in [2.45, 2.75) is 20.3 Å². The minimum atomic E-state index is -0.210. The highest BCUT2D eigenvalue weighted by Crippen LogP contribution is 2.09. The van der Waals surface area contributed by atoms with Crippen LogP contribution in [0.3, 0.4) is 0 Å². The lowest BCUT2D eigenvalue weighted by molar-refractivity contribution is -0.116. The molecule has 0 aliphatic rings. The highest BCUT2D eigenvalue weighted by atomic mass is 16.5. The molecule has 0 spiro atoms. The number of hydrogen-bond donors (Lipinski definition) is 0. The molecule has 4 heteroatoms. The molecule has 1 aromatic heterocycles. The van der Waals surface area contributed by atoms with Crippen LogP contribution in [0.4, 0.5) is 0 Å². The molecule has 1 rings (SSSR count). The van der Waals surface area contributed by atoms with Gasteiger partial charge < -0.3 is 4.74 Å². The van der Waals surface area contributed by atoms with E-state index in [2.05, 4.69) is 4.98 Å². The lowest BCUT2D eigenvalue weighted by atomic mass is 10.1. The van der Waals surface area contributed by atoms with Crippen LogP contribution in [0.2, 0.25) is 0 Å². The molecule has 0 aliphatic heterocycles. The van der Waals surface area contributed by atoms with Crippen molar-refractivity contribution < 1.29 is 14.3 Å². The Morgan fingerprint density at radius 2 is 2.13 bits per heavy atom. The molecule has 0 N–H and O–H groups in total. The van der Waals surface area contributed by atoms with E-state index in [9.17, 15) is 9.59 Å². The van der Waals surface area contributed by atoms with Gasteiger partial charge in [0, 0.05) is 17.8 Å². The van der Waals surface area contributed by atoms with Gasteiger partial charge in [-0.1, -0.05) is 0 Å². The molecule has 0 radical (unpaired) electrons. The number of carbonyl (C=O) groups excluding carboxylic acids is 2. The van der Waals surface area contributed by atoms with Crippen molar-refractivity contribution in [3.05, 3.63) is 23.9 Å². The standard InChI is InChI=1S/C11H13NO3/c1-3-15-11-5-4-9(7-12-11)10(14)6-8(2)13/h4-5,7H,3,6H2,1-2H3. The summed E-state index contributed by atoms with van der Waals surface area (Å²) in [4.78, 5) is 26.1. The molecule has 0 aliphatic carbocycles. The van der Waals surface area contributed by atoms with E-state index in [4.69, 9.17) is 4.74 Å². The van der Waals surface area contributed by atoms with E-state index in [1.54, 1.807) is 12.1 Å². The largest absolute Gasteiger partial charge is 0.478 e. The Kier molecular flexibility index (Phi) is 3.97. The van der Waals surface area contributed by atoms with E-state index < -0.39 is 0 Å².